The molecule has 1 fully saturated rings. The summed E-state index contributed by atoms with van der Waals surface area (Å²) in [6.45, 7) is 8.23. The lowest BCUT2D eigenvalue weighted by molar-refractivity contribution is 0.501. The highest BCUT2D eigenvalue weighted by atomic mass is 35.5. The normalized spacial score (nSPS) is 15.7. The lowest BCUT2D eigenvalue weighted by atomic mass is 9.96. The average Bonchev–Trinajstić information content (AvgIpc) is 3.20. The molecule has 1 aliphatic rings. The zero-order valence-electron chi connectivity index (χ0n) is 18.7. The molecule has 166 valence electrons. The van der Waals surface area contributed by atoms with E-state index in [1.54, 1.807) is 0 Å². The summed E-state index contributed by atoms with van der Waals surface area (Å²) in [7, 11) is 0. The van der Waals surface area contributed by atoms with Crippen LogP contribution in [-0.2, 0) is 11.8 Å². The third-order valence-corrected chi connectivity index (χ3v) is 6.37. The van der Waals surface area contributed by atoms with E-state index < -0.39 is 0 Å². The molecule has 1 aliphatic heterocycles. The fraction of sp³-hybridized carbons (Fsp3) is 0.417. The summed E-state index contributed by atoms with van der Waals surface area (Å²) in [5.41, 5.74) is 10.6. The molecule has 0 aliphatic carbocycles. The van der Waals surface area contributed by atoms with E-state index in [9.17, 15) is 0 Å². The van der Waals surface area contributed by atoms with Gasteiger partial charge in [-0.1, -0.05) is 44.5 Å². The molecule has 2 N–H and O–H groups in total. The van der Waals surface area contributed by atoms with E-state index in [2.05, 4.69) is 41.9 Å². The molecular formula is C24H28ClN7. The Kier molecular flexibility index (Phi) is 5.26. The monoisotopic (exact) mass is 449 g/mol. The van der Waals surface area contributed by atoms with Gasteiger partial charge in [0.25, 0.3) is 0 Å². The largest absolute Gasteiger partial charge is 0.370 e. The standard InChI is InChI=1S/C24H28ClN7/c1-24(2,3)23-29-28-22-21-19(13-18(14-27-21)31-10-8-17(26)9-11-31)20(30-32(22)23)12-15-4-6-16(25)7-5-15/h4-7,13-14,17H,8-12,26H2,1-3H3. The van der Waals surface area contributed by atoms with Crippen LogP contribution in [0.15, 0.2) is 36.5 Å². The highest BCUT2D eigenvalue weighted by Gasteiger charge is 2.25. The SMILES string of the molecule is CC(C)(C)c1nnc2c3ncc(N4CCC(N)CC4)cc3c(Cc3ccc(Cl)cc3)nn12. The molecule has 5 rings (SSSR count). The number of hydrogen-bond acceptors (Lipinski definition) is 6. The Morgan fingerprint density at radius 1 is 1.09 bits per heavy atom. The van der Waals surface area contributed by atoms with Gasteiger partial charge < -0.3 is 10.6 Å². The highest BCUT2D eigenvalue weighted by molar-refractivity contribution is 6.30. The molecule has 0 atom stereocenters. The maximum absolute atomic E-state index is 6.11. The third-order valence-electron chi connectivity index (χ3n) is 6.12. The van der Waals surface area contributed by atoms with E-state index in [-0.39, 0.29) is 11.5 Å². The number of piperidine rings is 1. The quantitative estimate of drug-likeness (QED) is 0.506. The van der Waals surface area contributed by atoms with Gasteiger partial charge in [-0.3, -0.25) is 0 Å². The van der Waals surface area contributed by atoms with Crippen LogP contribution >= 0.6 is 11.6 Å². The summed E-state index contributed by atoms with van der Waals surface area (Å²) in [6, 6.07) is 10.4. The van der Waals surface area contributed by atoms with E-state index in [0.29, 0.717) is 12.1 Å². The Balaban J connectivity index is 1.67. The second-order valence-corrected chi connectivity index (χ2v) is 10.1. The minimum absolute atomic E-state index is 0.190. The molecular weight excluding hydrogens is 422 g/mol. The fourth-order valence-electron chi connectivity index (χ4n) is 4.27. The molecule has 4 heterocycles. The van der Waals surface area contributed by atoms with Crippen LogP contribution in [0.5, 0.6) is 0 Å². The average molecular weight is 450 g/mol. The van der Waals surface area contributed by atoms with Crippen molar-refractivity contribution in [1.29, 1.82) is 0 Å². The minimum Gasteiger partial charge on any atom is -0.370 e. The number of nitrogens with zero attached hydrogens (tertiary/aromatic N) is 6. The Hall–Kier alpha value is -2.77. The number of halogens is 1. The van der Waals surface area contributed by atoms with Crippen molar-refractivity contribution in [3.8, 4) is 0 Å². The topological polar surface area (TPSA) is 85.2 Å². The molecule has 8 heteroatoms. The van der Waals surface area contributed by atoms with Gasteiger partial charge in [0.1, 0.15) is 5.52 Å². The minimum atomic E-state index is -0.190. The third kappa shape index (κ3) is 3.91. The van der Waals surface area contributed by atoms with Crippen molar-refractivity contribution in [2.24, 2.45) is 5.73 Å². The molecule has 0 spiro atoms. The lowest BCUT2D eigenvalue weighted by Crippen LogP contribution is -2.39. The number of hydrogen-bond donors (Lipinski definition) is 1. The molecule has 0 radical (unpaired) electrons. The Morgan fingerprint density at radius 2 is 1.81 bits per heavy atom. The first-order valence-corrected chi connectivity index (χ1v) is 11.5. The van der Waals surface area contributed by atoms with Crippen molar-refractivity contribution in [3.63, 3.8) is 0 Å². The second kappa shape index (κ2) is 7.98. The van der Waals surface area contributed by atoms with Crippen LogP contribution in [0, 0.1) is 0 Å². The van der Waals surface area contributed by atoms with Crippen LogP contribution < -0.4 is 10.6 Å². The number of pyridine rings is 1. The van der Waals surface area contributed by atoms with Crippen LogP contribution in [0.3, 0.4) is 0 Å². The molecule has 0 amide bonds. The van der Waals surface area contributed by atoms with Crippen molar-refractivity contribution in [2.75, 3.05) is 18.0 Å². The molecule has 1 saturated heterocycles. The lowest BCUT2D eigenvalue weighted by Gasteiger charge is -2.31. The van der Waals surface area contributed by atoms with Crippen molar-refractivity contribution in [2.45, 2.75) is 51.5 Å². The molecule has 0 bridgehead atoms. The summed E-state index contributed by atoms with van der Waals surface area (Å²) in [6.07, 6.45) is 4.59. The first-order chi connectivity index (χ1) is 15.3. The van der Waals surface area contributed by atoms with Crippen molar-refractivity contribution in [3.05, 3.63) is 58.6 Å². The number of rotatable bonds is 3. The number of aromatic nitrogens is 5. The predicted molar refractivity (Wildman–Crippen MR) is 128 cm³/mol. The Bertz CT molecular complexity index is 1270. The predicted octanol–water partition coefficient (Wildman–Crippen LogP) is 4.14. The summed E-state index contributed by atoms with van der Waals surface area (Å²) in [5, 5.41) is 15.7. The van der Waals surface area contributed by atoms with Crippen LogP contribution in [0.1, 0.15) is 50.7 Å². The number of benzene rings is 1. The summed E-state index contributed by atoms with van der Waals surface area (Å²) >= 11 is 6.10. The Morgan fingerprint density at radius 3 is 2.50 bits per heavy atom. The zero-order valence-corrected chi connectivity index (χ0v) is 19.5. The maximum Gasteiger partial charge on any atom is 0.204 e. The smallest absolute Gasteiger partial charge is 0.204 e. The first kappa shape index (κ1) is 21.1. The van der Waals surface area contributed by atoms with Crippen LogP contribution in [0.2, 0.25) is 5.02 Å². The van der Waals surface area contributed by atoms with E-state index in [1.165, 1.54) is 0 Å². The van der Waals surface area contributed by atoms with Crippen LogP contribution in [0.25, 0.3) is 16.6 Å². The molecule has 32 heavy (non-hydrogen) atoms. The van der Waals surface area contributed by atoms with Crippen LogP contribution in [0.4, 0.5) is 5.69 Å². The zero-order chi connectivity index (χ0) is 22.5. The van der Waals surface area contributed by atoms with Gasteiger partial charge in [0.15, 0.2) is 5.82 Å². The number of anilines is 1. The second-order valence-electron chi connectivity index (χ2n) is 9.67. The van der Waals surface area contributed by atoms with Crippen molar-refractivity contribution >= 4 is 33.8 Å². The van der Waals surface area contributed by atoms with Gasteiger partial charge in [-0.15, -0.1) is 10.2 Å². The van der Waals surface area contributed by atoms with Gasteiger partial charge >= 0.3 is 0 Å². The van der Waals surface area contributed by atoms with Gasteiger partial charge in [0, 0.05) is 41.4 Å². The molecule has 7 nitrogen and oxygen atoms in total. The van der Waals surface area contributed by atoms with Gasteiger partial charge in [0.2, 0.25) is 5.65 Å². The first-order valence-electron chi connectivity index (χ1n) is 11.1. The van der Waals surface area contributed by atoms with Gasteiger partial charge in [0.05, 0.1) is 17.6 Å². The van der Waals surface area contributed by atoms with Gasteiger partial charge in [-0.2, -0.15) is 9.61 Å². The van der Waals surface area contributed by atoms with Gasteiger partial charge in [-0.05, 0) is 36.6 Å². The van der Waals surface area contributed by atoms with Crippen molar-refractivity contribution in [1.82, 2.24) is 24.8 Å². The number of fused-ring (bicyclic) bond motifs is 3. The molecule has 0 saturated carbocycles. The van der Waals surface area contributed by atoms with Crippen molar-refractivity contribution < 1.29 is 0 Å². The Labute approximate surface area is 192 Å². The fourth-order valence-corrected chi connectivity index (χ4v) is 4.40. The van der Waals surface area contributed by atoms with Gasteiger partial charge in [-0.25, -0.2) is 4.98 Å². The van der Waals surface area contributed by atoms with Crippen LogP contribution in [-0.4, -0.2) is 43.9 Å². The van der Waals surface area contributed by atoms with E-state index in [4.69, 9.17) is 27.4 Å². The molecule has 1 aromatic carbocycles. The number of nitrogens with two attached hydrogens (primary N) is 1. The summed E-state index contributed by atoms with van der Waals surface area (Å²) in [5.74, 6) is 0.822. The highest BCUT2D eigenvalue weighted by Crippen LogP contribution is 2.29. The summed E-state index contributed by atoms with van der Waals surface area (Å²) < 4.78 is 1.86. The summed E-state index contributed by atoms with van der Waals surface area (Å²) in [4.78, 5) is 7.22. The maximum atomic E-state index is 6.11. The molecule has 4 aromatic rings. The van der Waals surface area contributed by atoms with E-state index in [0.717, 1.165) is 64.6 Å². The molecule has 3 aromatic heterocycles. The molecule has 0 unspecified atom stereocenters. The van der Waals surface area contributed by atoms with E-state index in [1.807, 2.05) is 35.0 Å². The van der Waals surface area contributed by atoms with E-state index >= 15 is 0 Å².